The van der Waals surface area contributed by atoms with Crippen LogP contribution in [0.3, 0.4) is 0 Å². The SMILES string of the molecule is CC(C)Oc1cc(CN(C)C)c(C=O)cc1Nc1ncc(Cl)c(Nc2ccccc2P(O)C(C)C)n1.CCCCOCCC. The van der Waals surface area contributed by atoms with E-state index in [1.54, 1.807) is 6.07 Å². The van der Waals surface area contributed by atoms with Crippen LogP contribution in [0.25, 0.3) is 0 Å². The summed E-state index contributed by atoms with van der Waals surface area (Å²) >= 11 is 6.41. The average molecular weight is 646 g/mol. The van der Waals surface area contributed by atoms with Gasteiger partial charge >= 0.3 is 0 Å². The lowest BCUT2D eigenvalue weighted by atomic mass is 10.1. The fourth-order valence-electron chi connectivity index (χ4n) is 3.99. The zero-order valence-corrected chi connectivity index (χ0v) is 29.0. The molecule has 1 aromatic heterocycles. The van der Waals surface area contributed by atoms with Gasteiger partial charge in [-0.15, -0.1) is 0 Å². The number of rotatable bonds is 16. The number of hydrogen-bond acceptors (Lipinski definition) is 9. The maximum absolute atomic E-state index is 11.8. The van der Waals surface area contributed by atoms with E-state index >= 15 is 0 Å². The summed E-state index contributed by atoms with van der Waals surface area (Å²) in [4.78, 5) is 33.4. The first-order chi connectivity index (χ1) is 21.0. The molecule has 1 unspecified atom stereocenters. The Balaban J connectivity index is 0.000000742. The van der Waals surface area contributed by atoms with Crippen LogP contribution in [0.15, 0.2) is 42.6 Å². The van der Waals surface area contributed by atoms with Crippen LogP contribution in [0.2, 0.25) is 5.02 Å². The number of unbranched alkanes of at least 4 members (excludes halogenated alkanes) is 1. The van der Waals surface area contributed by atoms with Gasteiger partial charge in [-0.05, 0) is 64.5 Å². The van der Waals surface area contributed by atoms with Gasteiger partial charge in [0.15, 0.2) is 5.82 Å². The lowest BCUT2D eigenvalue weighted by Gasteiger charge is -2.20. The number of halogens is 1. The highest BCUT2D eigenvalue weighted by molar-refractivity contribution is 7.61. The third-order valence-corrected chi connectivity index (χ3v) is 8.23. The number of aldehydes is 1. The summed E-state index contributed by atoms with van der Waals surface area (Å²) in [6, 6.07) is 11.2. The van der Waals surface area contributed by atoms with Crippen LogP contribution >= 0.6 is 19.7 Å². The summed E-state index contributed by atoms with van der Waals surface area (Å²) in [5.41, 5.74) is 2.81. The predicted octanol–water partition coefficient (Wildman–Crippen LogP) is 7.91. The molecule has 242 valence electrons. The lowest BCUT2D eigenvalue weighted by molar-refractivity contribution is 0.112. The number of aromatic nitrogens is 2. The molecular weight excluding hydrogens is 597 g/mol. The van der Waals surface area contributed by atoms with Crippen LogP contribution in [0.1, 0.15) is 76.7 Å². The normalized spacial score (nSPS) is 11.8. The Labute approximate surface area is 269 Å². The molecule has 0 amide bonds. The van der Waals surface area contributed by atoms with Crippen molar-refractivity contribution in [3.8, 4) is 5.75 Å². The van der Waals surface area contributed by atoms with E-state index in [1.165, 1.54) is 19.0 Å². The van der Waals surface area contributed by atoms with Gasteiger partial charge in [0.25, 0.3) is 0 Å². The molecule has 0 saturated carbocycles. The molecule has 0 spiro atoms. The minimum atomic E-state index is -1.35. The number of nitrogens with zero attached hydrogens (tertiary/aromatic N) is 3. The summed E-state index contributed by atoms with van der Waals surface area (Å²) in [5.74, 6) is 1.26. The smallest absolute Gasteiger partial charge is 0.229 e. The Hall–Kier alpha value is -2.81. The van der Waals surface area contributed by atoms with Gasteiger partial charge in [0.1, 0.15) is 17.1 Å². The van der Waals surface area contributed by atoms with Crippen LogP contribution in [-0.4, -0.2) is 65.1 Å². The van der Waals surface area contributed by atoms with Crippen molar-refractivity contribution < 1.29 is 19.2 Å². The largest absolute Gasteiger partial charge is 0.489 e. The van der Waals surface area contributed by atoms with Gasteiger partial charge in [-0.3, -0.25) is 4.79 Å². The molecular formula is C33H49ClN5O4P. The fourth-order valence-corrected chi connectivity index (χ4v) is 5.30. The molecule has 44 heavy (non-hydrogen) atoms. The highest BCUT2D eigenvalue weighted by Crippen LogP contribution is 2.39. The van der Waals surface area contributed by atoms with Gasteiger partial charge < -0.3 is 29.9 Å². The van der Waals surface area contributed by atoms with Crippen LogP contribution in [0, 0.1) is 0 Å². The maximum Gasteiger partial charge on any atom is 0.229 e. The van der Waals surface area contributed by atoms with E-state index in [-0.39, 0.29) is 17.7 Å². The molecule has 0 saturated heterocycles. The molecule has 3 N–H and O–H groups in total. The van der Waals surface area contributed by atoms with Crippen molar-refractivity contribution in [2.75, 3.05) is 37.9 Å². The first-order valence-electron chi connectivity index (χ1n) is 15.1. The van der Waals surface area contributed by atoms with Gasteiger partial charge in [0, 0.05) is 42.0 Å². The predicted molar refractivity (Wildman–Crippen MR) is 185 cm³/mol. The molecule has 3 aromatic rings. The first kappa shape index (κ1) is 37.4. The molecule has 1 atom stereocenters. The quantitative estimate of drug-likeness (QED) is 0.0813. The van der Waals surface area contributed by atoms with Crippen molar-refractivity contribution in [3.63, 3.8) is 0 Å². The number of nitrogens with one attached hydrogen (secondary N) is 2. The Bertz CT molecular complexity index is 1300. The van der Waals surface area contributed by atoms with E-state index in [9.17, 15) is 9.69 Å². The van der Waals surface area contributed by atoms with Crippen molar-refractivity contribution in [2.24, 2.45) is 0 Å². The summed E-state index contributed by atoms with van der Waals surface area (Å²) < 4.78 is 11.3. The Morgan fingerprint density at radius 1 is 1.05 bits per heavy atom. The minimum Gasteiger partial charge on any atom is -0.489 e. The van der Waals surface area contributed by atoms with E-state index in [0.717, 1.165) is 42.5 Å². The molecule has 0 bridgehead atoms. The number of benzene rings is 2. The van der Waals surface area contributed by atoms with Crippen molar-refractivity contribution >= 4 is 54.5 Å². The van der Waals surface area contributed by atoms with Crippen molar-refractivity contribution in [1.82, 2.24) is 14.9 Å². The number of carbonyl (C=O) groups excluding carboxylic acids is 1. The molecule has 0 radical (unpaired) electrons. The number of ether oxygens (including phenoxy) is 2. The highest BCUT2D eigenvalue weighted by atomic mass is 35.5. The topological polar surface area (TPSA) is 109 Å². The summed E-state index contributed by atoms with van der Waals surface area (Å²) in [7, 11) is 2.53. The monoisotopic (exact) mass is 645 g/mol. The van der Waals surface area contributed by atoms with Crippen LogP contribution < -0.4 is 20.7 Å². The Morgan fingerprint density at radius 2 is 1.77 bits per heavy atom. The van der Waals surface area contributed by atoms with Crippen LogP contribution in [0.4, 0.5) is 23.1 Å². The number of anilines is 4. The molecule has 0 fully saturated rings. The fraction of sp³-hybridized carbons (Fsp3) is 0.485. The third kappa shape index (κ3) is 12.3. The van der Waals surface area contributed by atoms with Crippen molar-refractivity contribution in [2.45, 2.75) is 79.1 Å². The zero-order chi connectivity index (χ0) is 32.6. The second-order valence-corrected chi connectivity index (χ2v) is 13.7. The summed E-state index contributed by atoms with van der Waals surface area (Å²) in [5, 5.41) is 7.56. The molecule has 9 nitrogen and oxygen atoms in total. The molecule has 0 aliphatic carbocycles. The Kier molecular flexibility index (Phi) is 16.6. The molecule has 3 rings (SSSR count). The minimum absolute atomic E-state index is 0.0750. The van der Waals surface area contributed by atoms with Gasteiger partial charge in [0.05, 0.1) is 26.1 Å². The Morgan fingerprint density at radius 3 is 2.39 bits per heavy atom. The van der Waals surface area contributed by atoms with Crippen molar-refractivity contribution in [3.05, 3.63) is 58.7 Å². The first-order valence-corrected chi connectivity index (χ1v) is 16.9. The highest BCUT2D eigenvalue weighted by Gasteiger charge is 2.18. The van der Waals surface area contributed by atoms with E-state index in [1.807, 2.05) is 77.0 Å². The standard InChI is InChI=1S/C26H33ClN5O3P.C7H16O/c1-16(2)35-23-12-18(14-32(5)6)19(15-33)11-22(23)30-26-28-13-20(27)25(31-26)29-21-9-7-8-10-24(21)36(34)17(3)4;1-3-5-7-8-6-4-2/h7-13,15-17,34H,14H2,1-6H3,(H2,28,29,30,31);3-7H2,1-2H3. The summed E-state index contributed by atoms with van der Waals surface area (Å²) in [6.45, 7) is 14.6. The molecule has 0 aliphatic rings. The van der Waals surface area contributed by atoms with E-state index < -0.39 is 8.15 Å². The molecule has 11 heteroatoms. The number of carbonyl (C=O) groups is 1. The third-order valence-electron chi connectivity index (χ3n) is 6.09. The molecule has 1 heterocycles. The lowest BCUT2D eigenvalue weighted by Crippen LogP contribution is -2.14. The van der Waals surface area contributed by atoms with Gasteiger partial charge in [0.2, 0.25) is 5.95 Å². The van der Waals surface area contributed by atoms with Gasteiger partial charge in [-0.1, -0.05) is 63.9 Å². The second kappa shape index (κ2) is 19.6. The average Bonchev–Trinajstić information content (AvgIpc) is 2.98. The van der Waals surface area contributed by atoms with Crippen LogP contribution in [0.5, 0.6) is 5.75 Å². The summed E-state index contributed by atoms with van der Waals surface area (Å²) in [6.07, 6.45) is 5.84. The van der Waals surface area contributed by atoms with E-state index in [4.69, 9.17) is 21.1 Å². The van der Waals surface area contributed by atoms with E-state index in [2.05, 4.69) is 34.4 Å². The van der Waals surface area contributed by atoms with Gasteiger partial charge in [-0.2, -0.15) is 4.98 Å². The van der Waals surface area contributed by atoms with Crippen molar-refractivity contribution in [1.29, 1.82) is 0 Å². The maximum atomic E-state index is 11.8. The zero-order valence-electron chi connectivity index (χ0n) is 27.4. The molecule has 2 aromatic carbocycles. The van der Waals surface area contributed by atoms with Crippen LogP contribution in [-0.2, 0) is 11.3 Å². The number of hydrogen-bond donors (Lipinski definition) is 3. The van der Waals surface area contributed by atoms with E-state index in [0.29, 0.717) is 34.4 Å². The number of para-hydroxylation sites is 1. The second-order valence-electron chi connectivity index (χ2n) is 11.1. The molecule has 0 aliphatic heterocycles. The van der Waals surface area contributed by atoms with Gasteiger partial charge in [-0.25, -0.2) is 4.98 Å².